The summed E-state index contributed by atoms with van der Waals surface area (Å²) in [5.41, 5.74) is 7.08. The summed E-state index contributed by atoms with van der Waals surface area (Å²) in [6, 6.07) is 10.4. The molecular weight excluding hydrogens is 342 g/mol. The lowest BCUT2D eigenvalue weighted by Gasteiger charge is -2.06. The Labute approximate surface area is 127 Å². The van der Waals surface area contributed by atoms with Crippen LogP contribution in [0.1, 0.15) is 0 Å². The summed E-state index contributed by atoms with van der Waals surface area (Å²) in [4.78, 5) is 0. The largest absolute Gasteiger partial charge is 0.367 e. The van der Waals surface area contributed by atoms with Gasteiger partial charge in [0, 0.05) is 15.6 Å². The van der Waals surface area contributed by atoms with E-state index in [0.717, 1.165) is 22.7 Å². The second-order valence-electron chi connectivity index (χ2n) is 4.37. The Morgan fingerprint density at radius 3 is 2.57 bits per heavy atom. The van der Waals surface area contributed by atoms with E-state index in [1.807, 2.05) is 12.1 Å². The lowest BCUT2D eigenvalue weighted by atomic mass is 10.0. The summed E-state index contributed by atoms with van der Waals surface area (Å²) in [6.45, 7) is 0. The summed E-state index contributed by atoms with van der Waals surface area (Å²) in [6.07, 6.45) is 0. The van der Waals surface area contributed by atoms with Crippen molar-refractivity contribution in [3.8, 4) is 22.4 Å². The van der Waals surface area contributed by atoms with Crippen LogP contribution in [0.25, 0.3) is 22.4 Å². The fourth-order valence-corrected chi connectivity index (χ4v) is 2.57. The number of nitrogens with zero attached hydrogens (tertiary/aromatic N) is 1. The highest BCUT2D eigenvalue weighted by Crippen LogP contribution is 2.40. The molecule has 3 nitrogen and oxygen atoms in total. The lowest BCUT2D eigenvalue weighted by Crippen LogP contribution is -1.91. The topological polar surface area (TPSA) is 52.0 Å². The van der Waals surface area contributed by atoms with Crippen LogP contribution in [0.5, 0.6) is 0 Å². The van der Waals surface area contributed by atoms with Gasteiger partial charge in [-0.2, -0.15) is 0 Å². The minimum atomic E-state index is -0.599. The van der Waals surface area contributed by atoms with E-state index in [0.29, 0.717) is 11.1 Å². The quantitative estimate of drug-likeness (QED) is 0.732. The number of nitrogens with two attached hydrogens (primary N) is 1. The van der Waals surface area contributed by atoms with Crippen molar-refractivity contribution < 1.29 is 13.3 Å². The third kappa shape index (κ3) is 2.42. The van der Waals surface area contributed by atoms with Gasteiger partial charge in [-0.3, -0.25) is 0 Å². The minimum absolute atomic E-state index is 0.00111. The highest BCUT2D eigenvalue weighted by atomic mass is 79.9. The molecule has 1 aromatic heterocycles. The third-order valence-electron chi connectivity index (χ3n) is 3.05. The molecule has 0 saturated heterocycles. The second-order valence-corrected chi connectivity index (χ2v) is 5.23. The Hall–Kier alpha value is -2.21. The van der Waals surface area contributed by atoms with Gasteiger partial charge in [-0.1, -0.05) is 39.3 Å². The first-order chi connectivity index (χ1) is 10.1. The Morgan fingerprint density at radius 2 is 1.81 bits per heavy atom. The van der Waals surface area contributed by atoms with Gasteiger partial charge in [0.05, 0.1) is 5.56 Å². The van der Waals surface area contributed by atoms with Crippen molar-refractivity contribution in [1.82, 2.24) is 5.16 Å². The molecule has 0 saturated carbocycles. The zero-order chi connectivity index (χ0) is 15.0. The molecule has 3 rings (SSSR count). The van der Waals surface area contributed by atoms with Crippen LogP contribution in [-0.4, -0.2) is 5.16 Å². The summed E-state index contributed by atoms with van der Waals surface area (Å²) in [7, 11) is 0. The first kappa shape index (κ1) is 13.8. The summed E-state index contributed by atoms with van der Waals surface area (Å²) >= 11 is 3.40. The maximum absolute atomic E-state index is 14.0. The molecule has 3 aromatic rings. The van der Waals surface area contributed by atoms with E-state index in [1.54, 1.807) is 12.1 Å². The molecule has 1 heterocycles. The summed E-state index contributed by atoms with van der Waals surface area (Å²) < 4.78 is 33.1. The van der Waals surface area contributed by atoms with Crippen LogP contribution in [0.15, 0.2) is 51.5 Å². The molecule has 0 aliphatic carbocycles. The Balaban J connectivity index is 2.27. The average Bonchev–Trinajstić information content (AvgIpc) is 2.84. The molecule has 0 atom stereocenters. The van der Waals surface area contributed by atoms with Crippen LogP contribution in [0, 0.1) is 11.6 Å². The smallest absolute Gasteiger partial charge is 0.230 e. The van der Waals surface area contributed by atoms with E-state index in [9.17, 15) is 8.78 Å². The van der Waals surface area contributed by atoms with Gasteiger partial charge in [0.15, 0.2) is 0 Å². The number of nitrogen functional groups attached to an aromatic ring is 1. The fourth-order valence-electron chi connectivity index (χ4n) is 2.09. The zero-order valence-electron chi connectivity index (χ0n) is 10.6. The molecule has 106 valence electrons. The Morgan fingerprint density at radius 1 is 1.05 bits per heavy atom. The van der Waals surface area contributed by atoms with Crippen molar-refractivity contribution in [3.63, 3.8) is 0 Å². The van der Waals surface area contributed by atoms with Crippen molar-refractivity contribution in [2.45, 2.75) is 0 Å². The number of aromatic nitrogens is 1. The molecule has 0 bridgehead atoms. The molecule has 0 amide bonds. The van der Waals surface area contributed by atoms with Crippen LogP contribution in [0.2, 0.25) is 0 Å². The minimum Gasteiger partial charge on any atom is -0.367 e. The number of hydrogen-bond donors (Lipinski definition) is 1. The molecule has 2 N–H and O–H groups in total. The Bertz CT molecular complexity index is 817. The standard InChI is InChI=1S/C15H9BrF2N2O/c16-11-4-2-1-3-9(11)13-14(20-21-15(13)19)10-7-8(17)5-6-12(10)18/h1-7H,19H2. The number of halogens is 3. The lowest BCUT2D eigenvalue weighted by molar-refractivity contribution is 0.439. The maximum Gasteiger partial charge on any atom is 0.230 e. The molecule has 2 aromatic carbocycles. The van der Waals surface area contributed by atoms with Crippen molar-refractivity contribution in [2.24, 2.45) is 0 Å². The van der Waals surface area contributed by atoms with Gasteiger partial charge < -0.3 is 10.3 Å². The molecule has 0 aliphatic heterocycles. The number of benzene rings is 2. The van der Waals surface area contributed by atoms with Crippen LogP contribution < -0.4 is 5.73 Å². The number of anilines is 1. The van der Waals surface area contributed by atoms with Crippen LogP contribution in [0.3, 0.4) is 0 Å². The van der Waals surface area contributed by atoms with Crippen molar-refractivity contribution in [3.05, 3.63) is 58.6 Å². The molecule has 0 aliphatic rings. The van der Waals surface area contributed by atoms with Gasteiger partial charge in [0.2, 0.25) is 5.88 Å². The van der Waals surface area contributed by atoms with Gasteiger partial charge in [0.25, 0.3) is 0 Å². The van der Waals surface area contributed by atoms with Crippen molar-refractivity contribution >= 4 is 21.8 Å². The molecule has 6 heteroatoms. The maximum atomic E-state index is 14.0. The SMILES string of the molecule is Nc1onc(-c2cc(F)ccc2F)c1-c1ccccc1Br. The van der Waals surface area contributed by atoms with Crippen LogP contribution in [0.4, 0.5) is 14.7 Å². The summed E-state index contributed by atoms with van der Waals surface area (Å²) in [5, 5.41) is 3.78. The third-order valence-corrected chi connectivity index (χ3v) is 3.74. The number of hydrogen-bond acceptors (Lipinski definition) is 3. The highest BCUT2D eigenvalue weighted by molar-refractivity contribution is 9.10. The van der Waals surface area contributed by atoms with E-state index in [-0.39, 0.29) is 17.1 Å². The van der Waals surface area contributed by atoms with E-state index < -0.39 is 11.6 Å². The molecule has 21 heavy (non-hydrogen) atoms. The summed E-state index contributed by atoms with van der Waals surface area (Å²) in [5.74, 6) is -1.12. The van der Waals surface area contributed by atoms with Gasteiger partial charge >= 0.3 is 0 Å². The second kappa shape index (κ2) is 5.29. The first-order valence-corrected chi connectivity index (χ1v) is 6.82. The van der Waals surface area contributed by atoms with Gasteiger partial charge in [-0.15, -0.1) is 0 Å². The predicted molar refractivity (Wildman–Crippen MR) is 79.4 cm³/mol. The van der Waals surface area contributed by atoms with E-state index in [2.05, 4.69) is 21.1 Å². The van der Waals surface area contributed by atoms with E-state index in [4.69, 9.17) is 10.3 Å². The monoisotopic (exact) mass is 350 g/mol. The fraction of sp³-hybridized carbons (Fsp3) is 0. The molecule has 0 radical (unpaired) electrons. The number of rotatable bonds is 2. The molecular formula is C15H9BrF2N2O. The van der Waals surface area contributed by atoms with E-state index >= 15 is 0 Å². The van der Waals surface area contributed by atoms with Crippen LogP contribution in [-0.2, 0) is 0 Å². The normalized spacial score (nSPS) is 10.8. The molecule has 0 unspecified atom stereocenters. The molecule has 0 spiro atoms. The van der Waals surface area contributed by atoms with Crippen molar-refractivity contribution in [1.29, 1.82) is 0 Å². The average molecular weight is 351 g/mol. The van der Waals surface area contributed by atoms with Crippen molar-refractivity contribution in [2.75, 3.05) is 5.73 Å². The van der Waals surface area contributed by atoms with Gasteiger partial charge in [-0.25, -0.2) is 8.78 Å². The van der Waals surface area contributed by atoms with Gasteiger partial charge in [0.1, 0.15) is 17.3 Å². The first-order valence-electron chi connectivity index (χ1n) is 6.03. The van der Waals surface area contributed by atoms with Gasteiger partial charge in [-0.05, 0) is 24.3 Å². The predicted octanol–water partition coefficient (Wildman–Crippen LogP) is 4.63. The Kier molecular flexibility index (Phi) is 3.47. The van der Waals surface area contributed by atoms with E-state index in [1.165, 1.54) is 0 Å². The molecule has 0 fully saturated rings. The van der Waals surface area contributed by atoms with Crippen LogP contribution >= 0.6 is 15.9 Å². The highest BCUT2D eigenvalue weighted by Gasteiger charge is 2.21. The zero-order valence-corrected chi connectivity index (χ0v) is 12.2.